The second kappa shape index (κ2) is 16.3. The minimum atomic E-state index is -4.20. The molecule has 0 fully saturated rings. The van der Waals surface area contributed by atoms with Gasteiger partial charge in [-0.3, -0.25) is 13.9 Å². The molecule has 4 aromatic carbocycles. The molecule has 0 aromatic heterocycles. The molecule has 0 aliphatic rings. The number of benzene rings is 4. The average molecular weight is 695 g/mol. The number of carbonyl (C=O) groups is 2. The lowest BCUT2D eigenvalue weighted by molar-refractivity contribution is -0.140. The van der Waals surface area contributed by atoms with Crippen molar-refractivity contribution >= 4 is 50.7 Å². The fourth-order valence-electron chi connectivity index (χ4n) is 5.23. The van der Waals surface area contributed by atoms with Gasteiger partial charge in [0.25, 0.3) is 10.0 Å². The van der Waals surface area contributed by atoms with Crippen LogP contribution in [0.5, 0.6) is 0 Å². The van der Waals surface area contributed by atoms with Crippen LogP contribution in [0.4, 0.5) is 5.69 Å². The molecule has 4 aromatic rings. The Morgan fingerprint density at radius 1 is 0.830 bits per heavy atom. The van der Waals surface area contributed by atoms with Gasteiger partial charge < -0.3 is 10.2 Å². The van der Waals surface area contributed by atoms with Gasteiger partial charge in [0.2, 0.25) is 11.8 Å². The Morgan fingerprint density at radius 3 is 2.13 bits per heavy atom. The number of nitrogens with one attached hydrogen (secondary N) is 1. The van der Waals surface area contributed by atoms with Crippen molar-refractivity contribution < 1.29 is 18.0 Å². The molecule has 0 saturated heterocycles. The number of para-hydroxylation sites is 1. The summed E-state index contributed by atoms with van der Waals surface area (Å²) in [4.78, 5) is 30.2. The Bertz CT molecular complexity index is 1780. The number of sulfonamides is 1. The smallest absolute Gasteiger partial charge is 0.264 e. The molecule has 7 nitrogen and oxygen atoms in total. The Kier molecular flexibility index (Phi) is 12.5. The van der Waals surface area contributed by atoms with Crippen LogP contribution in [0, 0.1) is 6.92 Å². The van der Waals surface area contributed by atoms with Gasteiger partial charge in [-0.05, 0) is 73.7 Å². The van der Waals surface area contributed by atoms with Crippen molar-refractivity contribution in [2.45, 2.75) is 70.5 Å². The molecule has 0 spiro atoms. The Hall–Kier alpha value is -3.85. The maximum absolute atomic E-state index is 14.7. The van der Waals surface area contributed by atoms with E-state index in [0.29, 0.717) is 34.1 Å². The molecule has 2 amide bonds. The van der Waals surface area contributed by atoms with E-state index >= 15 is 0 Å². The average Bonchev–Trinajstić information content (AvgIpc) is 3.07. The number of hydrogen-bond acceptors (Lipinski definition) is 4. The van der Waals surface area contributed by atoms with Gasteiger partial charge in [-0.1, -0.05) is 109 Å². The van der Waals surface area contributed by atoms with E-state index in [1.54, 1.807) is 54.6 Å². The molecule has 4 rings (SSSR count). The van der Waals surface area contributed by atoms with Crippen LogP contribution >= 0.6 is 23.2 Å². The molecule has 0 radical (unpaired) electrons. The lowest BCUT2D eigenvalue weighted by Gasteiger charge is -2.34. The molecule has 1 N–H and O–H groups in total. The van der Waals surface area contributed by atoms with Gasteiger partial charge in [-0.2, -0.15) is 0 Å². The van der Waals surface area contributed by atoms with Crippen LogP contribution in [0.1, 0.15) is 49.4 Å². The van der Waals surface area contributed by atoms with E-state index in [1.807, 2.05) is 70.2 Å². The first kappa shape index (κ1) is 36.0. The number of anilines is 1. The minimum Gasteiger partial charge on any atom is -0.352 e. The highest BCUT2D eigenvalue weighted by Crippen LogP contribution is 2.29. The van der Waals surface area contributed by atoms with Gasteiger partial charge in [0, 0.05) is 19.0 Å². The molecule has 0 aliphatic carbocycles. The van der Waals surface area contributed by atoms with Crippen molar-refractivity contribution in [3.63, 3.8) is 0 Å². The van der Waals surface area contributed by atoms with Crippen molar-refractivity contribution in [3.8, 4) is 0 Å². The third kappa shape index (κ3) is 9.15. The summed E-state index contributed by atoms with van der Waals surface area (Å²) >= 11 is 12.6. The molecule has 0 aliphatic heterocycles. The van der Waals surface area contributed by atoms with Crippen LogP contribution < -0.4 is 9.62 Å². The van der Waals surface area contributed by atoms with E-state index in [9.17, 15) is 18.0 Å². The largest absolute Gasteiger partial charge is 0.352 e. The van der Waals surface area contributed by atoms with Crippen molar-refractivity contribution in [2.75, 3.05) is 10.8 Å². The second-order valence-corrected chi connectivity index (χ2v) is 14.3. The topological polar surface area (TPSA) is 86.8 Å². The van der Waals surface area contributed by atoms with E-state index in [0.717, 1.165) is 21.0 Å². The molecule has 0 unspecified atom stereocenters. The van der Waals surface area contributed by atoms with Crippen molar-refractivity contribution in [1.82, 2.24) is 10.2 Å². The van der Waals surface area contributed by atoms with Gasteiger partial charge >= 0.3 is 0 Å². The van der Waals surface area contributed by atoms with Crippen LogP contribution in [0.2, 0.25) is 10.0 Å². The second-order valence-electron chi connectivity index (χ2n) is 11.6. The molecule has 47 heavy (non-hydrogen) atoms. The van der Waals surface area contributed by atoms with Crippen LogP contribution in [-0.4, -0.2) is 43.8 Å². The van der Waals surface area contributed by atoms with Crippen molar-refractivity contribution in [1.29, 1.82) is 0 Å². The standard InChI is InChI=1S/C37H41Cl2N3O4S/c1-5-27(4)40-37(44)35(23-28-12-8-7-9-13-28)41(24-29-18-21-32(38)33(39)22-29)36(43)25-42(34-15-11-10-14-30(34)6-2)47(45,46)31-19-16-26(3)17-20-31/h7-22,27,35H,5-6,23-25H2,1-4H3,(H,40,44)/t27-,35-/m0/s1. The van der Waals surface area contributed by atoms with Crippen LogP contribution in [0.3, 0.4) is 0 Å². The quantitative estimate of drug-likeness (QED) is 0.147. The Morgan fingerprint density at radius 2 is 1.49 bits per heavy atom. The zero-order valence-corrected chi connectivity index (χ0v) is 29.4. The molecule has 10 heteroatoms. The maximum atomic E-state index is 14.7. The number of halogens is 2. The van der Waals surface area contributed by atoms with E-state index in [4.69, 9.17) is 23.2 Å². The van der Waals surface area contributed by atoms with E-state index < -0.39 is 28.5 Å². The van der Waals surface area contributed by atoms with E-state index in [1.165, 1.54) is 4.90 Å². The predicted octanol–water partition coefficient (Wildman–Crippen LogP) is 7.61. The van der Waals surface area contributed by atoms with E-state index in [2.05, 4.69) is 5.32 Å². The number of amides is 2. The third-order valence-electron chi connectivity index (χ3n) is 8.14. The molecular formula is C37H41Cl2N3O4S. The summed E-state index contributed by atoms with van der Waals surface area (Å²) in [6, 6.07) is 27.1. The first-order valence-corrected chi connectivity index (χ1v) is 17.9. The van der Waals surface area contributed by atoms with Gasteiger partial charge in [0.05, 0.1) is 20.6 Å². The number of rotatable bonds is 14. The Labute approximate surface area is 288 Å². The van der Waals surface area contributed by atoms with Gasteiger partial charge in [-0.15, -0.1) is 0 Å². The van der Waals surface area contributed by atoms with Gasteiger partial charge in [-0.25, -0.2) is 8.42 Å². The van der Waals surface area contributed by atoms with Crippen LogP contribution in [-0.2, 0) is 39.0 Å². The van der Waals surface area contributed by atoms with Crippen LogP contribution in [0.25, 0.3) is 0 Å². The lowest BCUT2D eigenvalue weighted by Crippen LogP contribution is -2.54. The van der Waals surface area contributed by atoms with Crippen molar-refractivity contribution in [3.05, 3.63) is 129 Å². The summed E-state index contributed by atoms with van der Waals surface area (Å²) in [6.45, 7) is 7.14. The van der Waals surface area contributed by atoms with Crippen LogP contribution in [0.15, 0.2) is 102 Å². The highest BCUT2D eigenvalue weighted by atomic mass is 35.5. The summed E-state index contributed by atoms with van der Waals surface area (Å²) in [7, 11) is -4.20. The SMILES string of the molecule is CCc1ccccc1N(CC(=O)N(Cc1ccc(Cl)c(Cl)c1)[C@@H](Cc1ccccc1)C(=O)N[C@@H](C)CC)S(=O)(=O)c1ccc(C)cc1. The normalized spacial score (nSPS) is 12.6. The third-order valence-corrected chi connectivity index (χ3v) is 10.7. The zero-order valence-electron chi connectivity index (χ0n) is 27.1. The number of nitrogens with zero attached hydrogens (tertiary/aromatic N) is 2. The molecule has 248 valence electrons. The molecule has 2 atom stereocenters. The molecule has 0 bridgehead atoms. The van der Waals surface area contributed by atoms with Gasteiger partial charge in [0.1, 0.15) is 12.6 Å². The summed E-state index contributed by atoms with van der Waals surface area (Å²) in [6.07, 6.45) is 1.46. The monoisotopic (exact) mass is 693 g/mol. The number of aryl methyl sites for hydroxylation is 2. The highest BCUT2D eigenvalue weighted by molar-refractivity contribution is 7.92. The lowest BCUT2D eigenvalue weighted by atomic mass is 10.0. The van der Waals surface area contributed by atoms with Gasteiger partial charge in [0.15, 0.2) is 0 Å². The predicted molar refractivity (Wildman–Crippen MR) is 190 cm³/mol. The molecular weight excluding hydrogens is 653 g/mol. The summed E-state index contributed by atoms with van der Waals surface area (Å²) < 4.78 is 29.8. The fourth-order valence-corrected chi connectivity index (χ4v) is 7.01. The van der Waals surface area contributed by atoms with E-state index in [-0.39, 0.29) is 29.8 Å². The summed E-state index contributed by atoms with van der Waals surface area (Å²) in [5, 5.41) is 3.71. The minimum absolute atomic E-state index is 0.00497. The maximum Gasteiger partial charge on any atom is 0.264 e. The zero-order chi connectivity index (χ0) is 34.1. The number of hydrogen-bond donors (Lipinski definition) is 1. The molecule has 0 heterocycles. The molecule has 0 saturated carbocycles. The van der Waals surface area contributed by atoms with Crippen molar-refractivity contribution in [2.24, 2.45) is 0 Å². The summed E-state index contributed by atoms with van der Waals surface area (Å²) in [5.74, 6) is -0.878. The summed E-state index contributed by atoms with van der Waals surface area (Å²) in [5.41, 5.74) is 3.57. The number of carbonyl (C=O) groups excluding carboxylic acids is 2. The fraction of sp³-hybridized carbons (Fsp3) is 0.297. The Balaban J connectivity index is 1.85. The first-order chi connectivity index (χ1) is 22.4. The highest BCUT2D eigenvalue weighted by Gasteiger charge is 2.35. The first-order valence-electron chi connectivity index (χ1n) is 15.7.